The average Bonchev–Trinajstić information content (AvgIpc) is 2.89. The van der Waals surface area contributed by atoms with Crippen LogP contribution in [0.1, 0.15) is 36.0 Å². The van der Waals surface area contributed by atoms with Gasteiger partial charge in [0.25, 0.3) is 5.91 Å². The molecule has 0 unspecified atom stereocenters. The molecule has 1 aromatic carbocycles. The minimum atomic E-state index is -0.416. The second kappa shape index (κ2) is 5.05. The topological polar surface area (TPSA) is 65.1 Å². The number of benzene rings is 1. The number of aliphatic hydroxyl groups excluding tert-OH is 1. The molecule has 0 spiro atoms. The van der Waals surface area contributed by atoms with Crippen molar-refractivity contribution in [3.63, 3.8) is 0 Å². The summed E-state index contributed by atoms with van der Waals surface area (Å²) in [5.74, 6) is -0.112. The van der Waals surface area contributed by atoms with E-state index in [4.69, 9.17) is 0 Å². The van der Waals surface area contributed by atoms with Gasteiger partial charge in [-0.3, -0.25) is 4.79 Å². The molecule has 0 bridgehead atoms. The van der Waals surface area contributed by atoms with Gasteiger partial charge in [-0.25, -0.2) is 0 Å². The van der Waals surface area contributed by atoms with Crippen molar-refractivity contribution < 1.29 is 9.90 Å². The van der Waals surface area contributed by atoms with Gasteiger partial charge in [-0.05, 0) is 25.0 Å². The maximum absolute atomic E-state index is 12.3. The van der Waals surface area contributed by atoms with Crippen LogP contribution in [-0.4, -0.2) is 28.1 Å². The third kappa shape index (κ3) is 2.36. The largest absolute Gasteiger partial charge is 0.391 e. The van der Waals surface area contributed by atoms with Gasteiger partial charge < -0.3 is 15.4 Å². The predicted octanol–water partition coefficient (Wildman–Crippen LogP) is 2.20. The lowest BCUT2D eigenvalue weighted by Gasteiger charge is -2.28. The lowest BCUT2D eigenvalue weighted by Crippen LogP contribution is -2.45. The van der Waals surface area contributed by atoms with Gasteiger partial charge in [-0.2, -0.15) is 0 Å². The van der Waals surface area contributed by atoms with E-state index in [1.54, 1.807) is 0 Å². The third-order valence-electron chi connectivity index (χ3n) is 3.88. The van der Waals surface area contributed by atoms with Crippen LogP contribution in [0.15, 0.2) is 30.5 Å². The third-order valence-corrected chi connectivity index (χ3v) is 3.88. The molecule has 1 heterocycles. The monoisotopic (exact) mass is 258 g/mol. The Morgan fingerprint density at radius 3 is 2.95 bits per heavy atom. The quantitative estimate of drug-likeness (QED) is 0.773. The Balaban J connectivity index is 1.82. The van der Waals surface area contributed by atoms with Crippen LogP contribution in [-0.2, 0) is 0 Å². The number of aliphatic hydroxyl groups is 1. The molecule has 4 nitrogen and oxygen atoms in total. The number of carbonyl (C=O) groups is 1. The Labute approximate surface area is 111 Å². The van der Waals surface area contributed by atoms with E-state index < -0.39 is 6.10 Å². The standard InChI is InChI=1S/C15H18N2O2/c18-13-7-2-1-6-12(13)17-15(19)11-5-3-4-10-8-9-16-14(10)11/h3-5,8-9,12-13,16,18H,1-2,6-7H2,(H,17,19)/t12-,13-/m1/s1. The highest BCUT2D eigenvalue weighted by atomic mass is 16.3. The first kappa shape index (κ1) is 12.2. The molecule has 0 aliphatic heterocycles. The van der Waals surface area contributed by atoms with Crippen molar-refractivity contribution in [3.8, 4) is 0 Å². The van der Waals surface area contributed by atoms with Crippen LogP contribution >= 0.6 is 0 Å². The highest BCUT2D eigenvalue weighted by Crippen LogP contribution is 2.20. The molecular formula is C15H18N2O2. The van der Waals surface area contributed by atoms with E-state index in [-0.39, 0.29) is 11.9 Å². The van der Waals surface area contributed by atoms with Gasteiger partial charge in [-0.1, -0.05) is 25.0 Å². The molecule has 1 aromatic heterocycles. The molecule has 0 saturated heterocycles. The molecule has 1 aliphatic rings. The highest BCUT2D eigenvalue weighted by Gasteiger charge is 2.25. The number of fused-ring (bicyclic) bond motifs is 1. The van der Waals surface area contributed by atoms with Crippen molar-refractivity contribution in [1.82, 2.24) is 10.3 Å². The maximum atomic E-state index is 12.3. The highest BCUT2D eigenvalue weighted by molar-refractivity contribution is 6.05. The molecule has 0 radical (unpaired) electrons. The molecule has 1 saturated carbocycles. The van der Waals surface area contributed by atoms with Crippen molar-refractivity contribution in [1.29, 1.82) is 0 Å². The number of hydrogen-bond donors (Lipinski definition) is 3. The van der Waals surface area contributed by atoms with E-state index in [0.29, 0.717) is 5.56 Å². The van der Waals surface area contributed by atoms with E-state index in [1.807, 2.05) is 30.5 Å². The predicted molar refractivity (Wildman–Crippen MR) is 74.0 cm³/mol. The minimum Gasteiger partial charge on any atom is -0.391 e. The van der Waals surface area contributed by atoms with Crippen LogP contribution in [0.25, 0.3) is 10.9 Å². The lowest BCUT2D eigenvalue weighted by atomic mass is 9.92. The average molecular weight is 258 g/mol. The summed E-state index contributed by atoms with van der Waals surface area (Å²) in [6, 6.07) is 7.48. The van der Waals surface area contributed by atoms with Gasteiger partial charge in [0.05, 0.1) is 23.2 Å². The van der Waals surface area contributed by atoms with E-state index in [1.165, 1.54) is 0 Å². The summed E-state index contributed by atoms with van der Waals surface area (Å²) in [6.45, 7) is 0. The van der Waals surface area contributed by atoms with Gasteiger partial charge in [0.1, 0.15) is 0 Å². The molecule has 3 N–H and O–H groups in total. The van der Waals surface area contributed by atoms with E-state index >= 15 is 0 Å². The Bertz CT molecular complexity index is 591. The summed E-state index contributed by atoms with van der Waals surface area (Å²) in [6.07, 6.45) is 5.15. The fourth-order valence-corrected chi connectivity index (χ4v) is 2.80. The van der Waals surface area contributed by atoms with Crippen LogP contribution in [0.2, 0.25) is 0 Å². The molecule has 4 heteroatoms. The number of amides is 1. The number of hydrogen-bond acceptors (Lipinski definition) is 2. The van der Waals surface area contributed by atoms with Gasteiger partial charge in [0.2, 0.25) is 0 Å². The first-order chi connectivity index (χ1) is 9.25. The number of H-pyrrole nitrogens is 1. The summed E-state index contributed by atoms with van der Waals surface area (Å²) in [5.41, 5.74) is 1.49. The van der Waals surface area contributed by atoms with Crippen LogP contribution in [0.4, 0.5) is 0 Å². The van der Waals surface area contributed by atoms with E-state index in [9.17, 15) is 9.90 Å². The first-order valence-electron chi connectivity index (χ1n) is 6.81. The summed E-state index contributed by atoms with van der Waals surface area (Å²) in [4.78, 5) is 15.4. The van der Waals surface area contributed by atoms with Crippen LogP contribution < -0.4 is 5.32 Å². The van der Waals surface area contributed by atoms with Crippen molar-refractivity contribution in [3.05, 3.63) is 36.0 Å². The Hall–Kier alpha value is -1.81. The number of para-hydroxylation sites is 1. The number of carbonyl (C=O) groups excluding carboxylic acids is 1. The SMILES string of the molecule is O=C(N[C@@H]1CCCC[C@H]1O)c1cccc2cc[nH]c12. The Kier molecular flexibility index (Phi) is 3.25. The molecule has 2 aromatic rings. The number of aromatic amines is 1. The van der Waals surface area contributed by atoms with Crippen molar-refractivity contribution in [2.45, 2.75) is 37.8 Å². The van der Waals surface area contributed by atoms with E-state index in [2.05, 4.69) is 10.3 Å². The first-order valence-corrected chi connectivity index (χ1v) is 6.81. The molecule has 3 rings (SSSR count). The summed E-state index contributed by atoms with van der Waals surface area (Å²) in [7, 11) is 0. The summed E-state index contributed by atoms with van der Waals surface area (Å²) < 4.78 is 0. The number of aromatic nitrogens is 1. The van der Waals surface area contributed by atoms with Gasteiger partial charge in [0, 0.05) is 11.6 Å². The second-order valence-electron chi connectivity index (χ2n) is 5.18. The number of rotatable bonds is 2. The molecule has 100 valence electrons. The van der Waals surface area contributed by atoms with Crippen LogP contribution in [0.5, 0.6) is 0 Å². The van der Waals surface area contributed by atoms with Gasteiger partial charge in [0.15, 0.2) is 0 Å². The summed E-state index contributed by atoms with van der Waals surface area (Å²) in [5, 5.41) is 13.9. The molecular weight excluding hydrogens is 240 g/mol. The van der Waals surface area contributed by atoms with Crippen LogP contribution in [0, 0.1) is 0 Å². The Morgan fingerprint density at radius 2 is 2.11 bits per heavy atom. The lowest BCUT2D eigenvalue weighted by molar-refractivity contribution is 0.0718. The molecule has 19 heavy (non-hydrogen) atoms. The molecule has 1 aliphatic carbocycles. The van der Waals surface area contributed by atoms with Crippen molar-refractivity contribution in [2.24, 2.45) is 0 Å². The fraction of sp³-hybridized carbons (Fsp3) is 0.400. The van der Waals surface area contributed by atoms with E-state index in [0.717, 1.165) is 36.6 Å². The zero-order chi connectivity index (χ0) is 13.2. The maximum Gasteiger partial charge on any atom is 0.253 e. The van der Waals surface area contributed by atoms with Crippen molar-refractivity contribution >= 4 is 16.8 Å². The minimum absolute atomic E-state index is 0.112. The molecule has 1 fully saturated rings. The van der Waals surface area contributed by atoms with Gasteiger partial charge >= 0.3 is 0 Å². The van der Waals surface area contributed by atoms with Gasteiger partial charge in [-0.15, -0.1) is 0 Å². The second-order valence-corrected chi connectivity index (χ2v) is 5.18. The number of nitrogens with one attached hydrogen (secondary N) is 2. The zero-order valence-corrected chi connectivity index (χ0v) is 10.7. The van der Waals surface area contributed by atoms with Crippen molar-refractivity contribution in [2.75, 3.05) is 0 Å². The molecule has 1 amide bonds. The van der Waals surface area contributed by atoms with Crippen LogP contribution in [0.3, 0.4) is 0 Å². The summed E-state index contributed by atoms with van der Waals surface area (Å²) >= 11 is 0. The normalized spacial score (nSPS) is 23.4. The smallest absolute Gasteiger partial charge is 0.253 e. The fourth-order valence-electron chi connectivity index (χ4n) is 2.80. The Morgan fingerprint density at radius 1 is 1.26 bits per heavy atom. The molecule has 2 atom stereocenters. The zero-order valence-electron chi connectivity index (χ0n) is 10.7.